The fraction of sp³-hybridized carbons (Fsp3) is 0.292. The largest absolute Gasteiger partial charge is 0.472 e. The number of hydrogen-bond donors (Lipinski definition) is 0. The van der Waals surface area contributed by atoms with Crippen molar-refractivity contribution in [2.75, 3.05) is 37.6 Å². The molecule has 0 spiro atoms. The van der Waals surface area contributed by atoms with Crippen molar-refractivity contribution in [3.05, 3.63) is 65.7 Å². The zero-order valence-corrected chi connectivity index (χ0v) is 18.2. The molecule has 0 bridgehead atoms. The molecule has 164 valence electrons. The van der Waals surface area contributed by atoms with Crippen LogP contribution in [0, 0.1) is 0 Å². The number of ether oxygens (including phenoxy) is 1. The summed E-state index contributed by atoms with van der Waals surface area (Å²) in [5.41, 5.74) is 1.67. The van der Waals surface area contributed by atoms with E-state index in [0.717, 1.165) is 23.0 Å². The van der Waals surface area contributed by atoms with Crippen LogP contribution in [0.25, 0.3) is 10.9 Å². The van der Waals surface area contributed by atoms with Gasteiger partial charge < -0.3 is 14.5 Å². The summed E-state index contributed by atoms with van der Waals surface area (Å²) in [7, 11) is 0. The van der Waals surface area contributed by atoms with E-state index in [1.807, 2.05) is 48.5 Å². The number of urea groups is 1. The zero-order valence-electron chi connectivity index (χ0n) is 17.5. The topological polar surface area (TPSA) is 66.0 Å². The lowest BCUT2D eigenvalue weighted by Gasteiger charge is -2.22. The Morgan fingerprint density at radius 3 is 2.69 bits per heavy atom. The maximum absolute atomic E-state index is 12.8. The fourth-order valence-electron chi connectivity index (χ4n) is 4.19. The van der Waals surface area contributed by atoms with Gasteiger partial charge >= 0.3 is 6.03 Å². The molecule has 2 aliphatic rings. The quantitative estimate of drug-likeness (QED) is 0.593. The molecule has 1 unspecified atom stereocenters. The number of carbonyl (C=O) groups is 2. The predicted octanol–water partition coefficient (Wildman–Crippen LogP) is 3.81. The highest BCUT2D eigenvalue weighted by molar-refractivity contribution is 6.30. The summed E-state index contributed by atoms with van der Waals surface area (Å²) in [6.07, 6.45) is 0.637. The molecule has 2 aromatic carbocycles. The van der Waals surface area contributed by atoms with Crippen molar-refractivity contribution in [2.24, 2.45) is 0 Å². The smallest absolute Gasteiger partial charge is 0.325 e. The van der Waals surface area contributed by atoms with Gasteiger partial charge in [-0.25, -0.2) is 9.78 Å². The van der Waals surface area contributed by atoms with Crippen molar-refractivity contribution in [1.29, 1.82) is 0 Å². The summed E-state index contributed by atoms with van der Waals surface area (Å²) in [5.74, 6) is 0.505. The van der Waals surface area contributed by atoms with E-state index in [1.165, 1.54) is 0 Å². The van der Waals surface area contributed by atoms with Crippen LogP contribution >= 0.6 is 11.6 Å². The lowest BCUT2D eigenvalue weighted by atomic mass is 10.2. The molecule has 1 aromatic heterocycles. The number of likely N-dealkylation sites (tertiary alicyclic amines) is 1. The van der Waals surface area contributed by atoms with Crippen LogP contribution in [0.1, 0.15) is 6.42 Å². The summed E-state index contributed by atoms with van der Waals surface area (Å²) in [6.45, 7) is 2.25. The number of para-hydroxylation sites is 1. The van der Waals surface area contributed by atoms with E-state index in [2.05, 4.69) is 4.98 Å². The normalized spacial score (nSPS) is 18.6. The van der Waals surface area contributed by atoms with Crippen molar-refractivity contribution < 1.29 is 14.3 Å². The highest BCUT2D eigenvalue weighted by Gasteiger charge is 2.34. The summed E-state index contributed by atoms with van der Waals surface area (Å²) >= 11 is 5.94. The second-order valence-corrected chi connectivity index (χ2v) is 8.48. The second-order valence-electron chi connectivity index (χ2n) is 8.04. The Hall–Kier alpha value is -3.32. The number of benzene rings is 2. The summed E-state index contributed by atoms with van der Waals surface area (Å²) < 4.78 is 6.03. The maximum Gasteiger partial charge on any atom is 0.325 e. The van der Waals surface area contributed by atoms with Crippen LogP contribution in [0.4, 0.5) is 10.5 Å². The minimum absolute atomic E-state index is 0.0612. The predicted molar refractivity (Wildman–Crippen MR) is 123 cm³/mol. The first-order valence-corrected chi connectivity index (χ1v) is 11.1. The molecule has 7 nitrogen and oxygen atoms in total. The molecule has 8 heteroatoms. The highest BCUT2D eigenvalue weighted by Crippen LogP contribution is 2.24. The monoisotopic (exact) mass is 450 g/mol. The van der Waals surface area contributed by atoms with Crippen molar-refractivity contribution in [1.82, 2.24) is 14.8 Å². The van der Waals surface area contributed by atoms with Crippen LogP contribution in [0.5, 0.6) is 5.88 Å². The number of carbonyl (C=O) groups excluding carboxylic acids is 2. The van der Waals surface area contributed by atoms with E-state index in [9.17, 15) is 9.59 Å². The number of hydrogen-bond acceptors (Lipinski definition) is 4. The van der Waals surface area contributed by atoms with Gasteiger partial charge in [-0.3, -0.25) is 9.69 Å². The van der Waals surface area contributed by atoms with Crippen LogP contribution in [-0.4, -0.2) is 65.5 Å². The van der Waals surface area contributed by atoms with Crippen molar-refractivity contribution in [2.45, 2.75) is 12.5 Å². The third kappa shape index (κ3) is 4.21. The standard InChI is InChI=1S/C24H23ClN4O3/c25-18-6-8-19(9-7-18)29-14-13-28(24(29)31)16-23(30)27-12-11-20(15-27)32-22-10-5-17-3-1-2-4-21(17)26-22/h1-10,20H,11-16H2. The lowest BCUT2D eigenvalue weighted by Crippen LogP contribution is -2.42. The van der Waals surface area contributed by atoms with Crippen LogP contribution < -0.4 is 9.64 Å². The van der Waals surface area contributed by atoms with Gasteiger partial charge in [0.2, 0.25) is 11.8 Å². The van der Waals surface area contributed by atoms with Gasteiger partial charge in [0.25, 0.3) is 0 Å². The Kier molecular flexibility index (Phi) is 5.57. The molecule has 32 heavy (non-hydrogen) atoms. The molecule has 0 radical (unpaired) electrons. The lowest BCUT2D eigenvalue weighted by molar-refractivity contribution is -0.130. The van der Waals surface area contributed by atoms with E-state index in [1.54, 1.807) is 26.8 Å². The molecule has 0 aliphatic carbocycles. The minimum Gasteiger partial charge on any atom is -0.472 e. The number of anilines is 1. The van der Waals surface area contributed by atoms with Gasteiger partial charge in [0.05, 0.1) is 12.1 Å². The molecule has 0 N–H and O–H groups in total. The summed E-state index contributed by atoms with van der Waals surface area (Å²) in [4.78, 5) is 35.2. The van der Waals surface area contributed by atoms with Crippen molar-refractivity contribution >= 4 is 40.1 Å². The van der Waals surface area contributed by atoms with Gasteiger partial charge in [0, 0.05) is 48.2 Å². The Morgan fingerprint density at radius 2 is 1.84 bits per heavy atom. The average molecular weight is 451 g/mol. The Morgan fingerprint density at radius 1 is 1.03 bits per heavy atom. The number of nitrogens with zero attached hydrogens (tertiary/aromatic N) is 4. The maximum atomic E-state index is 12.8. The molecule has 2 aliphatic heterocycles. The molecule has 3 heterocycles. The van der Waals surface area contributed by atoms with Gasteiger partial charge in [-0.15, -0.1) is 0 Å². The van der Waals surface area contributed by atoms with Crippen LogP contribution in [-0.2, 0) is 4.79 Å². The molecule has 0 saturated carbocycles. The average Bonchev–Trinajstić information content (AvgIpc) is 3.41. The Labute approximate surface area is 191 Å². The first-order chi connectivity index (χ1) is 15.6. The molecule has 3 aromatic rings. The van der Waals surface area contributed by atoms with Gasteiger partial charge in [-0.1, -0.05) is 29.8 Å². The van der Waals surface area contributed by atoms with Crippen LogP contribution in [0.2, 0.25) is 5.02 Å². The number of amides is 3. The minimum atomic E-state index is -0.159. The van der Waals surface area contributed by atoms with Gasteiger partial charge in [-0.2, -0.15) is 0 Å². The number of pyridine rings is 1. The number of halogens is 1. The van der Waals surface area contributed by atoms with Crippen molar-refractivity contribution in [3.8, 4) is 5.88 Å². The van der Waals surface area contributed by atoms with Crippen molar-refractivity contribution in [3.63, 3.8) is 0 Å². The fourth-order valence-corrected chi connectivity index (χ4v) is 4.31. The summed E-state index contributed by atoms with van der Waals surface area (Å²) in [6, 6.07) is 18.7. The SMILES string of the molecule is O=C(CN1CCN(c2ccc(Cl)cc2)C1=O)N1CCC(Oc2ccc3ccccc3n2)C1. The second kappa shape index (κ2) is 8.67. The van der Waals surface area contributed by atoms with Crippen LogP contribution in [0.3, 0.4) is 0 Å². The first-order valence-electron chi connectivity index (χ1n) is 10.7. The van der Waals surface area contributed by atoms with Crippen LogP contribution in [0.15, 0.2) is 60.7 Å². The highest BCUT2D eigenvalue weighted by atomic mass is 35.5. The number of fused-ring (bicyclic) bond motifs is 1. The molecular formula is C24H23ClN4O3. The third-order valence-corrected chi connectivity index (χ3v) is 6.17. The molecule has 2 fully saturated rings. The van der Waals surface area contributed by atoms with Gasteiger partial charge in [-0.05, 0) is 36.4 Å². The Bertz CT molecular complexity index is 1150. The van der Waals surface area contributed by atoms with E-state index >= 15 is 0 Å². The van der Waals surface area contributed by atoms with E-state index in [4.69, 9.17) is 16.3 Å². The van der Waals surface area contributed by atoms with E-state index < -0.39 is 0 Å². The number of aromatic nitrogens is 1. The van der Waals surface area contributed by atoms with E-state index in [0.29, 0.717) is 37.1 Å². The van der Waals surface area contributed by atoms with E-state index in [-0.39, 0.29) is 24.6 Å². The van der Waals surface area contributed by atoms with Gasteiger partial charge in [0.15, 0.2) is 0 Å². The summed E-state index contributed by atoms with van der Waals surface area (Å²) in [5, 5.41) is 1.68. The first kappa shape index (κ1) is 20.6. The third-order valence-electron chi connectivity index (χ3n) is 5.92. The molecule has 2 saturated heterocycles. The molecular weight excluding hydrogens is 428 g/mol. The molecule has 1 atom stereocenters. The number of rotatable bonds is 5. The zero-order chi connectivity index (χ0) is 22.1. The van der Waals surface area contributed by atoms with Gasteiger partial charge in [0.1, 0.15) is 12.6 Å². The Balaban J connectivity index is 1.16. The molecule has 5 rings (SSSR count). The molecule has 3 amide bonds.